The fourth-order valence-corrected chi connectivity index (χ4v) is 4.04. The van der Waals surface area contributed by atoms with Crippen LogP contribution < -0.4 is 10.2 Å². The standard InChI is InChI=1S/C22H23N7O/c1-27-13-16(12-24-27)18-7-9-23-22(26-18)29-10-8-17(14-29)25-21(30)20-11-15-5-3-4-6-19(15)28(20)2/h3-7,9,11-13,17H,8,10,14H2,1-2H3,(H,25,30). The molecule has 1 fully saturated rings. The zero-order valence-electron chi connectivity index (χ0n) is 17.0. The van der Waals surface area contributed by atoms with E-state index in [-0.39, 0.29) is 11.9 Å². The van der Waals surface area contributed by atoms with Crippen LogP contribution in [0.1, 0.15) is 16.9 Å². The number of nitrogens with one attached hydrogen (secondary N) is 1. The fourth-order valence-electron chi connectivity index (χ4n) is 4.04. The number of nitrogens with zero attached hydrogens (tertiary/aromatic N) is 6. The number of rotatable bonds is 4. The van der Waals surface area contributed by atoms with Crippen molar-refractivity contribution in [2.45, 2.75) is 12.5 Å². The molecule has 0 spiro atoms. The van der Waals surface area contributed by atoms with E-state index < -0.39 is 0 Å². The van der Waals surface area contributed by atoms with Gasteiger partial charge in [0.2, 0.25) is 5.95 Å². The summed E-state index contributed by atoms with van der Waals surface area (Å²) in [7, 11) is 3.81. The van der Waals surface area contributed by atoms with Gasteiger partial charge < -0.3 is 14.8 Å². The van der Waals surface area contributed by atoms with E-state index >= 15 is 0 Å². The smallest absolute Gasteiger partial charge is 0.268 e. The van der Waals surface area contributed by atoms with E-state index in [1.54, 1.807) is 17.1 Å². The third-order valence-corrected chi connectivity index (χ3v) is 5.63. The van der Waals surface area contributed by atoms with Crippen LogP contribution in [0.5, 0.6) is 0 Å². The second-order valence-electron chi connectivity index (χ2n) is 7.70. The molecule has 0 aliphatic carbocycles. The second kappa shape index (κ2) is 7.29. The number of carbonyl (C=O) groups excluding carboxylic acids is 1. The molecule has 1 saturated heterocycles. The van der Waals surface area contributed by atoms with Gasteiger partial charge in [0.15, 0.2) is 0 Å². The van der Waals surface area contributed by atoms with Crippen molar-refractivity contribution in [1.29, 1.82) is 0 Å². The lowest BCUT2D eigenvalue weighted by Gasteiger charge is -2.17. The number of aromatic nitrogens is 5. The summed E-state index contributed by atoms with van der Waals surface area (Å²) in [5.41, 5.74) is 3.53. The van der Waals surface area contributed by atoms with Crippen LogP contribution in [0.3, 0.4) is 0 Å². The summed E-state index contributed by atoms with van der Waals surface area (Å²) in [5, 5.41) is 8.45. The largest absolute Gasteiger partial charge is 0.346 e. The van der Waals surface area contributed by atoms with Crippen molar-refractivity contribution < 1.29 is 4.79 Å². The average Bonchev–Trinajstić information content (AvgIpc) is 3.48. The third-order valence-electron chi connectivity index (χ3n) is 5.63. The van der Waals surface area contributed by atoms with E-state index in [1.165, 1.54) is 0 Å². The van der Waals surface area contributed by atoms with E-state index in [4.69, 9.17) is 4.98 Å². The zero-order chi connectivity index (χ0) is 20.7. The molecule has 1 N–H and O–H groups in total. The normalized spacial score (nSPS) is 16.3. The van der Waals surface area contributed by atoms with Gasteiger partial charge in [-0.2, -0.15) is 5.10 Å². The molecule has 30 heavy (non-hydrogen) atoms. The van der Waals surface area contributed by atoms with Crippen LogP contribution in [0.15, 0.2) is 55.0 Å². The van der Waals surface area contributed by atoms with Crippen LogP contribution in [0.25, 0.3) is 22.2 Å². The number of amides is 1. The molecule has 1 aliphatic rings. The number of anilines is 1. The molecule has 4 heterocycles. The van der Waals surface area contributed by atoms with Crippen LogP contribution in [-0.4, -0.2) is 49.4 Å². The average molecular weight is 401 g/mol. The molecular weight excluding hydrogens is 378 g/mol. The van der Waals surface area contributed by atoms with Crippen molar-refractivity contribution in [2.24, 2.45) is 14.1 Å². The van der Waals surface area contributed by atoms with Crippen molar-refractivity contribution in [3.05, 3.63) is 60.7 Å². The Balaban J connectivity index is 1.29. The minimum absolute atomic E-state index is 0.0504. The summed E-state index contributed by atoms with van der Waals surface area (Å²) in [6.45, 7) is 1.49. The monoisotopic (exact) mass is 401 g/mol. The highest BCUT2D eigenvalue weighted by molar-refractivity contribution is 5.98. The summed E-state index contributed by atoms with van der Waals surface area (Å²) in [6, 6.07) is 11.9. The van der Waals surface area contributed by atoms with Gasteiger partial charge in [-0.3, -0.25) is 9.48 Å². The molecule has 3 aromatic heterocycles. The van der Waals surface area contributed by atoms with Crippen molar-refractivity contribution in [3.63, 3.8) is 0 Å². The highest BCUT2D eigenvalue weighted by Gasteiger charge is 2.27. The Morgan fingerprint density at radius 2 is 2.07 bits per heavy atom. The van der Waals surface area contributed by atoms with Gasteiger partial charge in [0.1, 0.15) is 5.69 Å². The first-order valence-corrected chi connectivity index (χ1v) is 10.0. The first-order chi connectivity index (χ1) is 14.6. The zero-order valence-corrected chi connectivity index (χ0v) is 17.0. The van der Waals surface area contributed by atoms with Gasteiger partial charge in [0, 0.05) is 62.1 Å². The first kappa shape index (κ1) is 18.4. The lowest BCUT2D eigenvalue weighted by atomic mass is 10.2. The third kappa shape index (κ3) is 3.30. The highest BCUT2D eigenvalue weighted by atomic mass is 16.2. The molecule has 8 nitrogen and oxygen atoms in total. The van der Waals surface area contributed by atoms with Crippen LogP contribution in [0.4, 0.5) is 5.95 Å². The van der Waals surface area contributed by atoms with Gasteiger partial charge in [0.25, 0.3) is 5.91 Å². The molecule has 1 amide bonds. The minimum Gasteiger partial charge on any atom is -0.346 e. The van der Waals surface area contributed by atoms with Crippen LogP contribution in [-0.2, 0) is 14.1 Å². The van der Waals surface area contributed by atoms with Crippen molar-refractivity contribution in [1.82, 2.24) is 29.6 Å². The quantitative estimate of drug-likeness (QED) is 0.568. The van der Waals surface area contributed by atoms with Crippen molar-refractivity contribution in [2.75, 3.05) is 18.0 Å². The van der Waals surface area contributed by atoms with Gasteiger partial charge in [0.05, 0.1) is 11.9 Å². The molecule has 8 heteroatoms. The van der Waals surface area contributed by atoms with Gasteiger partial charge in [-0.15, -0.1) is 0 Å². The Bertz CT molecular complexity index is 1230. The Labute approximate surface area is 174 Å². The van der Waals surface area contributed by atoms with Gasteiger partial charge in [-0.25, -0.2) is 9.97 Å². The summed E-state index contributed by atoms with van der Waals surface area (Å²) in [4.78, 5) is 24.1. The van der Waals surface area contributed by atoms with Crippen molar-refractivity contribution >= 4 is 22.8 Å². The maximum Gasteiger partial charge on any atom is 0.268 e. The Morgan fingerprint density at radius 3 is 2.87 bits per heavy atom. The molecule has 1 atom stereocenters. The predicted molar refractivity (Wildman–Crippen MR) is 115 cm³/mol. The summed E-state index contributed by atoms with van der Waals surface area (Å²) < 4.78 is 3.70. The topological polar surface area (TPSA) is 80.9 Å². The lowest BCUT2D eigenvalue weighted by molar-refractivity contribution is 0.0932. The van der Waals surface area contributed by atoms with E-state index in [0.717, 1.165) is 35.1 Å². The highest BCUT2D eigenvalue weighted by Crippen LogP contribution is 2.22. The molecule has 5 rings (SSSR count). The predicted octanol–water partition coefficient (Wildman–Crippen LogP) is 2.38. The van der Waals surface area contributed by atoms with Crippen LogP contribution in [0, 0.1) is 0 Å². The molecular formula is C22H23N7O. The van der Waals surface area contributed by atoms with E-state index in [0.29, 0.717) is 18.2 Å². The van der Waals surface area contributed by atoms with E-state index in [9.17, 15) is 4.79 Å². The van der Waals surface area contributed by atoms with Gasteiger partial charge in [-0.05, 0) is 24.6 Å². The SMILES string of the molecule is Cn1cc(-c2ccnc(N3CCC(NC(=O)c4cc5ccccc5n4C)C3)n2)cn1. The number of hydrogen-bond acceptors (Lipinski definition) is 5. The Kier molecular flexibility index (Phi) is 4.46. The number of hydrogen-bond donors (Lipinski definition) is 1. The van der Waals surface area contributed by atoms with E-state index in [2.05, 4.69) is 20.3 Å². The second-order valence-corrected chi connectivity index (χ2v) is 7.70. The number of carbonyl (C=O) groups is 1. The maximum absolute atomic E-state index is 12.9. The maximum atomic E-state index is 12.9. The number of aryl methyl sites for hydroxylation is 2. The lowest BCUT2D eigenvalue weighted by Crippen LogP contribution is -2.38. The number of para-hydroxylation sites is 1. The number of fused-ring (bicyclic) bond motifs is 1. The van der Waals surface area contributed by atoms with Crippen molar-refractivity contribution in [3.8, 4) is 11.3 Å². The summed E-state index contributed by atoms with van der Waals surface area (Å²) in [5.74, 6) is 0.628. The van der Waals surface area contributed by atoms with E-state index in [1.807, 2.05) is 61.3 Å². The van der Waals surface area contributed by atoms with Gasteiger partial charge >= 0.3 is 0 Å². The molecule has 0 radical (unpaired) electrons. The molecule has 1 aromatic carbocycles. The van der Waals surface area contributed by atoms with Gasteiger partial charge in [-0.1, -0.05) is 18.2 Å². The molecule has 4 aromatic rings. The summed E-state index contributed by atoms with van der Waals surface area (Å²) in [6.07, 6.45) is 6.36. The molecule has 1 aliphatic heterocycles. The van der Waals surface area contributed by atoms with Crippen LogP contribution >= 0.6 is 0 Å². The number of benzene rings is 1. The first-order valence-electron chi connectivity index (χ1n) is 10.0. The minimum atomic E-state index is -0.0504. The molecule has 1 unspecified atom stereocenters. The molecule has 0 bridgehead atoms. The Hall–Kier alpha value is -3.68. The Morgan fingerprint density at radius 1 is 1.20 bits per heavy atom. The van der Waals surface area contributed by atoms with Crippen LogP contribution in [0.2, 0.25) is 0 Å². The fraction of sp³-hybridized carbons (Fsp3) is 0.273. The molecule has 0 saturated carbocycles. The molecule has 152 valence electrons. The summed E-state index contributed by atoms with van der Waals surface area (Å²) >= 11 is 0.